The highest BCUT2D eigenvalue weighted by molar-refractivity contribution is 7.99. The van der Waals surface area contributed by atoms with Crippen molar-refractivity contribution in [2.45, 2.75) is 18.6 Å². The van der Waals surface area contributed by atoms with Gasteiger partial charge in [0.15, 0.2) is 0 Å². The maximum Gasteiger partial charge on any atom is 0.255 e. The summed E-state index contributed by atoms with van der Waals surface area (Å²) < 4.78 is 27.4. The van der Waals surface area contributed by atoms with Gasteiger partial charge in [-0.05, 0) is 43.7 Å². The predicted octanol–water partition coefficient (Wildman–Crippen LogP) is 3.99. The lowest BCUT2D eigenvalue weighted by Gasteiger charge is -2.21. The van der Waals surface area contributed by atoms with Gasteiger partial charge in [-0.2, -0.15) is 11.8 Å². The molecule has 1 fully saturated rings. The summed E-state index contributed by atoms with van der Waals surface area (Å²) >= 11 is 1.56. The minimum absolute atomic E-state index is 0.0541. The van der Waals surface area contributed by atoms with Crippen LogP contribution < -0.4 is 0 Å². The molecule has 2 heterocycles. The SMILES string of the molecule is Cc1ncccc1C(=O)N1CCS[C@H](c2cc(F)ccc2F)CC1. The largest absolute Gasteiger partial charge is 0.338 e. The molecule has 1 aromatic carbocycles. The number of halogens is 2. The van der Waals surface area contributed by atoms with Gasteiger partial charge in [0, 0.05) is 41.5 Å². The number of aromatic nitrogens is 1. The second-order valence-electron chi connectivity index (χ2n) is 5.74. The number of nitrogens with zero attached hydrogens (tertiary/aromatic N) is 2. The fraction of sp³-hybridized carbons (Fsp3) is 0.333. The van der Waals surface area contributed by atoms with Crippen molar-refractivity contribution in [1.82, 2.24) is 9.88 Å². The second kappa shape index (κ2) is 7.30. The van der Waals surface area contributed by atoms with Crippen molar-refractivity contribution in [3.63, 3.8) is 0 Å². The van der Waals surface area contributed by atoms with Gasteiger partial charge in [0.25, 0.3) is 5.91 Å². The highest BCUT2D eigenvalue weighted by atomic mass is 32.2. The Morgan fingerprint density at radius 3 is 2.92 bits per heavy atom. The Morgan fingerprint density at radius 2 is 2.12 bits per heavy atom. The van der Waals surface area contributed by atoms with Crippen LogP contribution in [0.4, 0.5) is 8.78 Å². The number of carbonyl (C=O) groups is 1. The van der Waals surface area contributed by atoms with Gasteiger partial charge in [-0.25, -0.2) is 8.78 Å². The molecule has 1 aromatic heterocycles. The number of pyridine rings is 1. The first-order valence-electron chi connectivity index (χ1n) is 7.83. The van der Waals surface area contributed by atoms with E-state index < -0.39 is 11.6 Å². The summed E-state index contributed by atoms with van der Waals surface area (Å²) in [5.74, 6) is -0.195. The van der Waals surface area contributed by atoms with Gasteiger partial charge in [-0.1, -0.05) is 0 Å². The Labute approximate surface area is 144 Å². The number of rotatable bonds is 2. The van der Waals surface area contributed by atoms with E-state index in [0.717, 1.165) is 12.1 Å². The molecule has 1 aliphatic heterocycles. The maximum absolute atomic E-state index is 14.0. The van der Waals surface area contributed by atoms with Gasteiger partial charge in [-0.15, -0.1) is 0 Å². The number of amides is 1. The predicted molar refractivity (Wildman–Crippen MR) is 91.1 cm³/mol. The van der Waals surface area contributed by atoms with Crippen molar-refractivity contribution in [3.05, 3.63) is 65.0 Å². The van der Waals surface area contributed by atoms with E-state index in [1.54, 1.807) is 35.0 Å². The molecular weight excluding hydrogens is 330 g/mol. The van der Waals surface area contributed by atoms with Gasteiger partial charge >= 0.3 is 0 Å². The average molecular weight is 348 g/mol. The van der Waals surface area contributed by atoms with Crippen LogP contribution in [0, 0.1) is 18.6 Å². The molecule has 0 spiro atoms. The van der Waals surface area contributed by atoms with Crippen molar-refractivity contribution >= 4 is 17.7 Å². The average Bonchev–Trinajstić information content (AvgIpc) is 2.83. The first-order chi connectivity index (χ1) is 11.6. The number of hydrogen-bond acceptors (Lipinski definition) is 3. The molecule has 0 radical (unpaired) electrons. The first kappa shape index (κ1) is 16.9. The van der Waals surface area contributed by atoms with E-state index in [2.05, 4.69) is 4.98 Å². The van der Waals surface area contributed by atoms with Crippen LogP contribution in [-0.2, 0) is 0 Å². The number of hydrogen-bond donors (Lipinski definition) is 0. The van der Waals surface area contributed by atoms with Crippen LogP contribution in [0.2, 0.25) is 0 Å². The molecule has 1 atom stereocenters. The summed E-state index contributed by atoms with van der Waals surface area (Å²) in [7, 11) is 0. The fourth-order valence-electron chi connectivity index (χ4n) is 2.86. The lowest BCUT2D eigenvalue weighted by Crippen LogP contribution is -2.33. The lowest BCUT2D eigenvalue weighted by molar-refractivity contribution is 0.0765. The molecule has 1 saturated heterocycles. The molecule has 1 aliphatic rings. The van der Waals surface area contributed by atoms with Crippen molar-refractivity contribution in [1.29, 1.82) is 0 Å². The first-order valence-corrected chi connectivity index (χ1v) is 8.88. The maximum atomic E-state index is 14.0. The van der Waals surface area contributed by atoms with E-state index in [1.165, 1.54) is 6.07 Å². The molecule has 6 heteroatoms. The quantitative estimate of drug-likeness (QED) is 0.823. The molecule has 0 unspecified atom stereocenters. The second-order valence-corrected chi connectivity index (χ2v) is 7.05. The van der Waals surface area contributed by atoms with E-state index in [0.29, 0.717) is 42.1 Å². The summed E-state index contributed by atoms with van der Waals surface area (Å²) in [6, 6.07) is 7.07. The van der Waals surface area contributed by atoms with Gasteiger partial charge < -0.3 is 4.90 Å². The third-order valence-electron chi connectivity index (χ3n) is 4.17. The van der Waals surface area contributed by atoms with Gasteiger partial charge in [0.1, 0.15) is 11.6 Å². The van der Waals surface area contributed by atoms with Crippen molar-refractivity contribution in [2.75, 3.05) is 18.8 Å². The Balaban J connectivity index is 1.75. The fourth-order valence-corrected chi connectivity index (χ4v) is 4.11. The third kappa shape index (κ3) is 3.59. The molecule has 0 aliphatic carbocycles. The Bertz CT molecular complexity index is 754. The van der Waals surface area contributed by atoms with Gasteiger partial charge in [0.2, 0.25) is 0 Å². The number of benzene rings is 1. The molecule has 0 bridgehead atoms. The topological polar surface area (TPSA) is 33.2 Å². The smallest absolute Gasteiger partial charge is 0.255 e. The summed E-state index contributed by atoms with van der Waals surface area (Å²) in [5.41, 5.74) is 1.68. The van der Waals surface area contributed by atoms with E-state index in [4.69, 9.17) is 0 Å². The molecule has 3 nitrogen and oxygen atoms in total. The van der Waals surface area contributed by atoms with E-state index >= 15 is 0 Å². The van der Waals surface area contributed by atoms with Crippen molar-refractivity contribution < 1.29 is 13.6 Å². The van der Waals surface area contributed by atoms with Crippen LogP contribution >= 0.6 is 11.8 Å². The molecule has 0 N–H and O–H groups in total. The molecule has 1 amide bonds. The van der Waals surface area contributed by atoms with Crippen LogP contribution in [0.15, 0.2) is 36.5 Å². The zero-order valence-corrected chi connectivity index (χ0v) is 14.2. The lowest BCUT2D eigenvalue weighted by atomic mass is 10.1. The third-order valence-corrected chi connectivity index (χ3v) is 5.48. The van der Waals surface area contributed by atoms with E-state index in [1.807, 2.05) is 6.92 Å². The number of carbonyl (C=O) groups excluding carboxylic acids is 1. The minimum Gasteiger partial charge on any atom is -0.338 e. The number of thioether (sulfide) groups is 1. The van der Waals surface area contributed by atoms with Crippen LogP contribution in [0.3, 0.4) is 0 Å². The molecule has 0 saturated carbocycles. The Kier molecular flexibility index (Phi) is 5.14. The molecular formula is C18H18F2N2OS. The van der Waals surface area contributed by atoms with Crippen LogP contribution in [-0.4, -0.2) is 34.6 Å². The standard InChI is InChI=1S/C18H18F2N2OS/c1-12-14(3-2-7-21-12)18(23)22-8-6-17(24-10-9-22)15-11-13(19)4-5-16(15)20/h2-5,7,11,17H,6,8-10H2,1H3/t17-/m0/s1. The Morgan fingerprint density at radius 1 is 1.29 bits per heavy atom. The molecule has 3 rings (SSSR count). The summed E-state index contributed by atoms with van der Waals surface area (Å²) in [5, 5.41) is -0.145. The minimum atomic E-state index is -0.435. The zero-order chi connectivity index (χ0) is 17.1. The van der Waals surface area contributed by atoms with Crippen molar-refractivity contribution in [3.8, 4) is 0 Å². The van der Waals surface area contributed by atoms with E-state index in [-0.39, 0.29) is 11.2 Å². The van der Waals surface area contributed by atoms with Gasteiger partial charge in [0.05, 0.1) is 5.56 Å². The van der Waals surface area contributed by atoms with Crippen LogP contribution in [0.5, 0.6) is 0 Å². The highest BCUT2D eigenvalue weighted by Gasteiger charge is 2.25. The molecule has 24 heavy (non-hydrogen) atoms. The van der Waals surface area contributed by atoms with Crippen LogP contribution in [0.25, 0.3) is 0 Å². The highest BCUT2D eigenvalue weighted by Crippen LogP contribution is 2.36. The summed E-state index contributed by atoms with van der Waals surface area (Å²) in [6.45, 7) is 2.91. The number of aryl methyl sites for hydroxylation is 1. The summed E-state index contributed by atoms with van der Waals surface area (Å²) in [4.78, 5) is 18.6. The van der Waals surface area contributed by atoms with Gasteiger partial charge in [-0.3, -0.25) is 9.78 Å². The zero-order valence-electron chi connectivity index (χ0n) is 13.3. The Hall–Kier alpha value is -1.95. The van der Waals surface area contributed by atoms with Crippen LogP contribution in [0.1, 0.15) is 33.3 Å². The van der Waals surface area contributed by atoms with E-state index in [9.17, 15) is 13.6 Å². The monoisotopic (exact) mass is 348 g/mol. The summed E-state index contributed by atoms with van der Waals surface area (Å²) in [6.07, 6.45) is 2.25. The normalized spacial score (nSPS) is 18.3. The van der Waals surface area contributed by atoms with Crippen molar-refractivity contribution in [2.24, 2.45) is 0 Å². The molecule has 2 aromatic rings. The molecule has 126 valence electrons.